The molecular weight excluding hydrogens is 242 g/mol. The van der Waals surface area contributed by atoms with E-state index in [0.717, 1.165) is 0 Å². The SMILES string of the molecule is C=CCN1C(=O)[C@H](C(C)O)[C@H]1C(=O)c1ccccc1. The molecule has 3 atom stereocenters. The predicted octanol–water partition coefficient (Wildman–Crippen LogP) is 1.26. The van der Waals surface area contributed by atoms with Crippen LogP contribution in [-0.2, 0) is 4.79 Å². The molecule has 2 rings (SSSR count). The van der Waals surface area contributed by atoms with Gasteiger partial charge in [0.15, 0.2) is 5.78 Å². The lowest BCUT2D eigenvalue weighted by molar-refractivity contribution is -0.158. The molecule has 4 nitrogen and oxygen atoms in total. The second-order valence-corrected chi connectivity index (χ2v) is 4.72. The lowest BCUT2D eigenvalue weighted by Gasteiger charge is -2.47. The number of β-lactam (4-membered cyclic amide) rings is 1. The molecule has 0 bridgehead atoms. The number of carbonyl (C=O) groups is 2. The van der Waals surface area contributed by atoms with E-state index < -0.39 is 18.1 Å². The number of aliphatic hydroxyl groups excluding tert-OH is 1. The van der Waals surface area contributed by atoms with Crippen molar-refractivity contribution in [3.05, 3.63) is 48.6 Å². The zero-order valence-electron chi connectivity index (χ0n) is 10.8. The Morgan fingerprint density at radius 3 is 2.63 bits per heavy atom. The van der Waals surface area contributed by atoms with Gasteiger partial charge in [-0.1, -0.05) is 36.4 Å². The quantitative estimate of drug-likeness (QED) is 0.492. The lowest BCUT2D eigenvalue weighted by Crippen LogP contribution is -2.67. The molecular formula is C15H17NO3. The van der Waals surface area contributed by atoms with Crippen LogP contribution in [0.4, 0.5) is 0 Å². The molecule has 1 saturated heterocycles. The number of hydrogen-bond acceptors (Lipinski definition) is 3. The van der Waals surface area contributed by atoms with E-state index in [1.807, 2.05) is 6.07 Å². The third-order valence-electron chi connectivity index (χ3n) is 3.42. The predicted molar refractivity (Wildman–Crippen MR) is 71.6 cm³/mol. The third kappa shape index (κ3) is 2.31. The highest BCUT2D eigenvalue weighted by Crippen LogP contribution is 2.32. The fourth-order valence-corrected chi connectivity index (χ4v) is 2.47. The van der Waals surface area contributed by atoms with Gasteiger partial charge in [-0.15, -0.1) is 6.58 Å². The van der Waals surface area contributed by atoms with E-state index in [1.54, 1.807) is 37.3 Å². The molecule has 0 aliphatic carbocycles. The molecule has 100 valence electrons. The first-order valence-electron chi connectivity index (χ1n) is 6.26. The molecule has 1 aromatic rings. The minimum Gasteiger partial charge on any atom is -0.392 e. The molecule has 1 aliphatic heterocycles. The summed E-state index contributed by atoms with van der Waals surface area (Å²) < 4.78 is 0. The van der Waals surface area contributed by atoms with Crippen molar-refractivity contribution in [2.45, 2.75) is 19.1 Å². The Kier molecular flexibility index (Phi) is 3.81. The van der Waals surface area contributed by atoms with Gasteiger partial charge in [0.05, 0.1) is 12.0 Å². The van der Waals surface area contributed by atoms with Gasteiger partial charge in [0.1, 0.15) is 6.04 Å². The molecule has 0 aromatic heterocycles. The molecule has 19 heavy (non-hydrogen) atoms. The molecule has 1 aliphatic rings. The first-order valence-corrected chi connectivity index (χ1v) is 6.26. The van der Waals surface area contributed by atoms with Gasteiger partial charge in [-0.25, -0.2) is 0 Å². The topological polar surface area (TPSA) is 57.6 Å². The van der Waals surface area contributed by atoms with Crippen molar-refractivity contribution in [3.63, 3.8) is 0 Å². The Morgan fingerprint density at radius 1 is 1.47 bits per heavy atom. The molecule has 1 unspecified atom stereocenters. The Hall–Kier alpha value is -1.94. The first-order chi connectivity index (χ1) is 9.07. The third-order valence-corrected chi connectivity index (χ3v) is 3.42. The highest BCUT2D eigenvalue weighted by molar-refractivity contribution is 6.08. The van der Waals surface area contributed by atoms with Crippen molar-refractivity contribution < 1.29 is 14.7 Å². The number of aliphatic hydroxyl groups is 1. The summed E-state index contributed by atoms with van der Waals surface area (Å²) in [4.78, 5) is 25.8. The van der Waals surface area contributed by atoms with Crippen molar-refractivity contribution >= 4 is 11.7 Å². The van der Waals surface area contributed by atoms with Gasteiger partial charge in [-0.2, -0.15) is 0 Å². The van der Waals surface area contributed by atoms with Crippen LogP contribution in [-0.4, -0.2) is 40.4 Å². The molecule has 0 radical (unpaired) electrons. The fourth-order valence-electron chi connectivity index (χ4n) is 2.47. The van der Waals surface area contributed by atoms with Crippen LogP contribution in [0.1, 0.15) is 17.3 Å². The van der Waals surface area contributed by atoms with Crippen LogP contribution in [0.15, 0.2) is 43.0 Å². The summed E-state index contributed by atoms with van der Waals surface area (Å²) in [7, 11) is 0. The van der Waals surface area contributed by atoms with Gasteiger partial charge in [-0.05, 0) is 6.92 Å². The summed E-state index contributed by atoms with van der Waals surface area (Å²) in [5.41, 5.74) is 0.555. The second kappa shape index (κ2) is 5.36. The van der Waals surface area contributed by atoms with E-state index in [2.05, 4.69) is 6.58 Å². The number of nitrogens with zero attached hydrogens (tertiary/aromatic N) is 1. The zero-order valence-corrected chi connectivity index (χ0v) is 10.8. The summed E-state index contributed by atoms with van der Waals surface area (Å²) in [5.74, 6) is -0.968. The minimum absolute atomic E-state index is 0.132. The van der Waals surface area contributed by atoms with Crippen LogP contribution in [0.25, 0.3) is 0 Å². The normalized spacial score (nSPS) is 23.7. The van der Waals surface area contributed by atoms with E-state index in [4.69, 9.17) is 0 Å². The van der Waals surface area contributed by atoms with Crippen LogP contribution < -0.4 is 0 Å². The Morgan fingerprint density at radius 2 is 2.11 bits per heavy atom. The van der Waals surface area contributed by atoms with Crippen molar-refractivity contribution in [3.8, 4) is 0 Å². The Balaban J connectivity index is 2.26. The molecule has 0 spiro atoms. The van der Waals surface area contributed by atoms with Crippen LogP contribution in [0.3, 0.4) is 0 Å². The second-order valence-electron chi connectivity index (χ2n) is 4.72. The molecule has 1 heterocycles. The van der Waals surface area contributed by atoms with Crippen molar-refractivity contribution in [1.29, 1.82) is 0 Å². The van der Waals surface area contributed by atoms with E-state index >= 15 is 0 Å². The number of rotatable bonds is 5. The average Bonchev–Trinajstić information content (AvgIpc) is 2.41. The van der Waals surface area contributed by atoms with Gasteiger partial charge >= 0.3 is 0 Å². The van der Waals surface area contributed by atoms with Crippen LogP contribution >= 0.6 is 0 Å². The number of amides is 1. The van der Waals surface area contributed by atoms with Crippen LogP contribution in [0.2, 0.25) is 0 Å². The van der Waals surface area contributed by atoms with Gasteiger partial charge in [0.2, 0.25) is 5.91 Å². The van der Waals surface area contributed by atoms with E-state index in [9.17, 15) is 14.7 Å². The molecule has 1 fully saturated rings. The van der Waals surface area contributed by atoms with Gasteiger partial charge in [0.25, 0.3) is 0 Å². The number of likely N-dealkylation sites (tertiary alicyclic amines) is 1. The van der Waals surface area contributed by atoms with Crippen molar-refractivity contribution in [1.82, 2.24) is 4.90 Å². The molecule has 4 heteroatoms. The molecule has 0 saturated carbocycles. The van der Waals surface area contributed by atoms with Gasteiger partial charge in [0, 0.05) is 12.1 Å². The van der Waals surface area contributed by atoms with Gasteiger partial charge < -0.3 is 10.0 Å². The monoisotopic (exact) mass is 259 g/mol. The summed E-state index contributed by atoms with van der Waals surface area (Å²) in [5, 5.41) is 9.67. The maximum Gasteiger partial charge on any atom is 0.231 e. The fraction of sp³-hybridized carbons (Fsp3) is 0.333. The lowest BCUT2D eigenvalue weighted by atomic mass is 9.79. The van der Waals surface area contributed by atoms with Crippen LogP contribution in [0.5, 0.6) is 0 Å². The van der Waals surface area contributed by atoms with Gasteiger partial charge in [-0.3, -0.25) is 9.59 Å². The van der Waals surface area contributed by atoms with E-state index in [-0.39, 0.29) is 11.7 Å². The Bertz CT molecular complexity index is 495. The van der Waals surface area contributed by atoms with E-state index in [1.165, 1.54) is 4.90 Å². The molecule has 1 N–H and O–H groups in total. The highest BCUT2D eigenvalue weighted by Gasteiger charge is 2.52. The molecule has 1 amide bonds. The number of carbonyl (C=O) groups excluding carboxylic acids is 2. The zero-order chi connectivity index (χ0) is 14.0. The van der Waals surface area contributed by atoms with Crippen molar-refractivity contribution in [2.24, 2.45) is 5.92 Å². The minimum atomic E-state index is -0.828. The summed E-state index contributed by atoms with van der Waals surface area (Å²) >= 11 is 0. The number of Topliss-reactive ketones (excluding diaryl/α,β-unsaturated/α-hetero) is 1. The van der Waals surface area contributed by atoms with E-state index in [0.29, 0.717) is 12.1 Å². The average molecular weight is 259 g/mol. The highest BCUT2D eigenvalue weighted by atomic mass is 16.3. The van der Waals surface area contributed by atoms with Crippen molar-refractivity contribution in [2.75, 3.05) is 6.54 Å². The maximum absolute atomic E-state index is 12.4. The van der Waals surface area contributed by atoms with Crippen LogP contribution in [0, 0.1) is 5.92 Å². The summed E-state index contributed by atoms with van der Waals surface area (Å²) in [6, 6.07) is 8.24. The largest absolute Gasteiger partial charge is 0.392 e. The number of ketones is 1. The standard InChI is InChI=1S/C15H17NO3/c1-3-9-16-13(12(10(2)17)15(16)19)14(18)11-7-5-4-6-8-11/h3-8,10,12-13,17H,1,9H2,2H3/t10?,12-,13+/m1/s1. The number of benzene rings is 1. The first kappa shape index (κ1) is 13.5. The summed E-state index contributed by atoms with van der Waals surface area (Å²) in [6.07, 6.45) is 0.757. The smallest absolute Gasteiger partial charge is 0.231 e. The molecule has 1 aromatic carbocycles. The number of hydrogen-bond donors (Lipinski definition) is 1. The maximum atomic E-state index is 12.4. The Labute approximate surface area is 112 Å². The summed E-state index contributed by atoms with van der Waals surface area (Å²) in [6.45, 7) is 5.45.